The summed E-state index contributed by atoms with van der Waals surface area (Å²) in [5, 5.41) is 13.5. The average molecular weight is 494 g/mol. The van der Waals surface area contributed by atoms with Crippen molar-refractivity contribution in [1.82, 2.24) is 0 Å². The summed E-state index contributed by atoms with van der Waals surface area (Å²) in [6.45, 7) is 0. The number of aliphatic hydroxyl groups excluding tert-OH is 1. The smallest absolute Gasteiger partial charge is 0.203 e. The van der Waals surface area contributed by atoms with E-state index in [1.807, 2.05) is 36.4 Å². The molecule has 8 heteroatoms. The van der Waals surface area contributed by atoms with Gasteiger partial charge in [-0.15, -0.1) is 0 Å². The molecule has 2 N–H and O–H groups in total. The summed E-state index contributed by atoms with van der Waals surface area (Å²) < 4.78 is 27.2. The highest BCUT2D eigenvalue weighted by Gasteiger charge is 2.15. The van der Waals surface area contributed by atoms with Crippen LogP contribution in [-0.4, -0.2) is 46.4 Å². The van der Waals surface area contributed by atoms with E-state index >= 15 is 0 Å². The number of carbonyl (C=O) groups is 1. The molecule has 0 fully saturated rings. The lowest BCUT2D eigenvalue weighted by Crippen LogP contribution is -2.06. The van der Waals surface area contributed by atoms with E-state index in [9.17, 15) is 9.90 Å². The van der Waals surface area contributed by atoms with Gasteiger partial charge in [0.25, 0.3) is 0 Å². The van der Waals surface area contributed by atoms with Crippen LogP contribution in [0.1, 0.15) is 24.0 Å². The Balaban J connectivity index is 1.97. The Labute approximate surface area is 211 Å². The van der Waals surface area contributed by atoms with Crippen molar-refractivity contribution in [2.45, 2.75) is 12.8 Å². The molecule has 0 atom stereocenters. The lowest BCUT2D eigenvalue weighted by atomic mass is 9.99. The first-order chi connectivity index (χ1) is 17.4. The minimum absolute atomic E-state index is 0.0836. The highest BCUT2D eigenvalue weighted by Crippen LogP contribution is 2.39. The highest BCUT2D eigenvalue weighted by molar-refractivity contribution is 5.99. The molecule has 1 aliphatic rings. The van der Waals surface area contributed by atoms with Crippen molar-refractivity contribution in [2.75, 3.05) is 40.9 Å². The van der Waals surface area contributed by atoms with Gasteiger partial charge < -0.3 is 34.1 Å². The molecule has 0 saturated carbocycles. The van der Waals surface area contributed by atoms with Crippen LogP contribution in [-0.2, 0) is 4.79 Å². The number of anilines is 1. The molecule has 190 valence electrons. The van der Waals surface area contributed by atoms with Gasteiger partial charge >= 0.3 is 0 Å². The number of allylic oxidation sites excluding steroid dienone is 4. The highest BCUT2D eigenvalue weighted by atomic mass is 16.5. The summed E-state index contributed by atoms with van der Waals surface area (Å²) >= 11 is 0. The molecule has 36 heavy (non-hydrogen) atoms. The predicted molar refractivity (Wildman–Crippen MR) is 140 cm³/mol. The van der Waals surface area contributed by atoms with Crippen molar-refractivity contribution in [1.29, 1.82) is 0 Å². The third-order valence-electron chi connectivity index (χ3n) is 5.58. The predicted octanol–water partition coefficient (Wildman–Crippen LogP) is 5.56. The van der Waals surface area contributed by atoms with Crippen LogP contribution in [0.2, 0.25) is 0 Å². The van der Waals surface area contributed by atoms with Crippen LogP contribution < -0.4 is 29.0 Å². The van der Waals surface area contributed by atoms with Gasteiger partial charge in [0, 0.05) is 29.9 Å². The maximum absolute atomic E-state index is 12.0. The third-order valence-corrected chi connectivity index (χ3v) is 5.58. The van der Waals surface area contributed by atoms with E-state index in [1.54, 1.807) is 53.9 Å². The van der Waals surface area contributed by atoms with Crippen molar-refractivity contribution in [3.8, 4) is 28.7 Å². The molecule has 0 saturated heterocycles. The van der Waals surface area contributed by atoms with Crippen molar-refractivity contribution in [2.24, 2.45) is 0 Å². The molecule has 0 spiro atoms. The molecule has 8 nitrogen and oxygen atoms in total. The Morgan fingerprint density at radius 1 is 0.861 bits per heavy atom. The second-order valence-corrected chi connectivity index (χ2v) is 7.73. The second kappa shape index (κ2) is 12.4. The van der Waals surface area contributed by atoms with E-state index in [0.717, 1.165) is 11.1 Å². The standard InChI is InChI=1S/C28H31NO7/c1-32-24-16-19(11-10-18-14-26(34-3)28(36-5)27(15-18)35-4)21(17-25(24)33-2)29-13-12-23(31)20-8-6-7-9-22(20)30/h6,8,10-17,29,31H,7,9H2,1-5H3/b11-10-,13-12-,23-20?. The van der Waals surface area contributed by atoms with Crippen molar-refractivity contribution in [3.05, 3.63) is 71.2 Å². The SMILES string of the molecule is COc1cc(/C=C\c2cc(OC)c(OC)c(OC)c2)c(N/C=C\C(O)=C2C=CCCC2=O)cc1OC. The number of carbonyl (C=O) groups excluding carboxylic acids is 1. The molecule has 3 rings (SSSR count). The summed E-state index contributed by atoms with van der Waals surface area (Å²) in [6.07, 6.45) is 11.4. The van der Waals surface area contributed by atoms with E-state index < -0.39 is 0 Å². The Bertz CT molecular complexity index is 1200. The lowest BCUT2D eigenvalue weighted by Gasteiger charge is -2.14. The van der Waals surface area contributed by atoms with Gasteiger partial charge in [0.05, 0.1) is 41.1 Å². The molecule has 0 heterocycles. The molecule has 0 aromatic heterocycles. The number of hydrogen-bond acceptors (Lipinski definition) is 8. The summed E-state index contributed by atoms with van der Waals surface area (Å²) in [5.74, 6) is 2.50. The van der Waals surface area contributed by atoms with E-state index in [-0.39, 0.29) is 11.5 Å². The fraction of sp³-hybridized carbons (Fsp3) is 0.250. The van der Waals surface area contributed by atoms with E-state index in [0.29, 0.717) is 52.8 Å². The van der Waals surface area contributed by atoms with Crippen molar-refractivity contribution in [3.63, 3.8) is 0 Å². The van der Waals surface area contributed by atoms with Gasteiger partial charge in [-0.1, -0.05) is 24.3 Å². The second-order valence-electron chi connectivity index (χ2n) is 7.73. The van der Waals surface area contributed by atoms with Gasteiger partial charge in [-0.05, 0) is 36.3 Å². The zero-order chi connectivity index (χ0) is 26.1. The molecule has 0 amide bonds. The van der Waals surface area contributed by atoms with Gasteiger partial charge in [-0.25, -0.2) is 0 Å². The fourth-order valence-electron chi connectivity index (χ4n) is 3.71. The number of nitrogens with one attached hydrogen (secondary N) is 1. The number of ether oxygens (including phenoxy) is 5. The molecule has 2 aromatic rings. The molecular formula is C28H31NO7. The number of aliphatic hydroxyl groups is 1. The minimum Gasteiger partial charge on any atom is -0.507 e. The summed E-state index contributed by atoms with van der Waals surface area (Å²) in [6, 6.07) is 7.29. The number of benzene rings is 2. The monoisotopic (exact) mass is 493 g/mol. The van der Waals surface area contributed by atoms with Crippen LogP contribution in [0.25, 0.3) is 12.2 Å². The minimum atomic E-state index is -0.0987. The van der Waals surface area contributed by atoms with Gasteiger partial charge in [0.1, 0.15) is 5.76 Å². The first kappa shape index (κ1) is 26.3. The normalized spacial score (nSPS) is 14.8. The summed E-state index contributed by atoms with van der Waals surface area (Å²) in [7, 11) is 7.81. The van der Waals surface area contributed by atoms with Crippen LogP contribution in [0.5, 0.6) is 28.7 Å². The molecule has 0 bridgehead atoms. The van der Waals surface area contributed by atoms with Gasteiger partial charge in [-0.2, -0.15) is 0 Å². The number of ketones is 1. The molecule has 2 aromatic carbocycles. The maximum atomic E-state index is 12.0. The van der Waals surface area contributed by atoms with Crippen LogP contribution in [0, 0.1) is 0 Å². The molecule has 1 aliphatic carbocycles. The summed E-state index contributed by atoms with van der Waals surface area (Å²) in [4.78, 5) is 12.0. The third kappa shape index (κ3) is 6.02. The number of rotatable bonds is 10. The first-order valence-electron chi connectivity index (χ1n) is 11.3. The molecular weight excluding hydrogens is 462 g/mol. The van der Waals surface area contributed by atoms with Crippen LogP contribution in [0.4, 0.5) is 5.69 Å². The van der Waals surface area contributed by atoms with Gasteiger partial charge in [0.2, 0.25) is 5.75 Å². The number of Topliss-reactive ketones (excluding diaryl/α,β-unsaturated/α-hetero) is 1. The van der Waals surface area contributed by atoms with Gasteiger partial charge in [0.15, 0.2) is 28.8 Å². The van der Waals surface area contributed by atoms with Crippen LogP contribution >= 0.6 is 0 Å². The van der Waals surface area contributed by atoms with Crippen molar-refractivity contribution < 1.29 is 33.6 Å². The largest absolute Gasteiger partial charge is 0.507 e. The van der Waals surface area contributed by atoms with Gasteiger partial charge in [-0.3, -0.25) is 4.79 Å². The quantitative estimate of drug-likeness (QED) is 0.252. The molecule has 0 radical (unpaired) electrons. The van der Waals surface area contributed by atoms with Crippen molar-refractivity contribution >= 4 is 23.6 Å². The zero-order valence-electron chi connectivity index (χ0n) is 21.1. The zero-order valence-corrected chi connectivity index (χ0v) is 21.1. The lowest BCUT2D eigenvalue weighted by molar-refractivity contribution is -0.115. The number of methoxy groups -OCH3 is 5. The van der Waals surface area contributed by atoms with E-state index in [2.05, 4.69) is 5.32 Å². The summed E-state index contributed by atoms with van der Waals surface area (Å²) in [5.41, 5.74) is 2.60. The molecule has 0 unspecified atom stereocenters. The Hall–Kier alpha value is -4.33. The average Bonchev–Trinajstić information content (AvgIpc) is 2.91. The van der Waals surface area contributed by atoms with Crippen LogP contribution in [0.3, 0.4) is 0 Å². The Morgan fingerprint density at radius 3 is 2.08 bits per heavy atom. The van der Waals surface area contributed by atoms with E-state index in [1.165, 1.54) is 6.08 Å². The van der Waals surface area contributed by atoms with Crippen LogP contribution in [0.15, 0.2) is 60.0 Å². The van der Waals surface area contributed by atoms with E-state index in [4.69, 9.17) is 23.7 Å². The Kier molecular flexibility index (Phi) is 9.05. The topological polar surface area (TPSA) is 95.5 Å². The fourth-order valence-corrected chi connectivity index (χ4v) is 3.71. The number of hydrogen-bond donors (Lipinski definition) is 2. The first-order valence-corrected chi connectivity index (χ1v) is 11.3. The maximum Gasteiger partial charge on any atom is 0.203 e. The molecule has 0 aliphatic heterocycles. The Morgan fingerprint density at radius 2 is 1.50 bits per heavy atom.